The standard InChI is InChI=1S/C15H18N2O3/c18-14(16-11-3-4-11)10-20-13-7-5-12(6-8-13)17-9-1-2-15(17)19/h5-8,11H,1-4,9-10H2,(H,16,18). The SMILES string of the molecule is O=C(COc1ccc(N2CCCC2=O)cc1)NC1CC1. The van der Waals surface area contributed by atoms with Gasteiger partial charge in [-0.3, -0.25) is 9.59 Å². The van der Waals surface area contributed by atoms with Crippen molar-refractivity contribution in [2.75, 3.05) is 18.1 Å². The van der Waals surface area contributed by atoms with E-state index in [9.17, 15) is 9.59 Å². The van der Waals surface area contributed by atoms with E-state index in [0.29, 0.717) is 18.2 Å². The molecular weight excluding hydrogens is 256 g/mol. The van der Waals surface area contributed by atoms with Gasteiger partial charge in [-0.2, -0.15) is 0 Å². The largest absolute Gasteiger partial charge is 0.484 e. The van der Waals surface area contributed by atoms with Gasteiger partial charge in [0.25, 0.3) is 5.91 Å². The molecule has 0 radical (unpaired) electrons. The highest BCUT2D eigenvalue weighted by atomic mass is 16.5. The van der Waals surface area contributed by atoms with Gasteiger partial charge in [0.15, 0.2) is 6.61 Å². The minimum Gasteiger partial charge on any atom is -0.484 e. The fourth-order valence-corrected chi connectivity index (χ4v) is 2.29. The lowest BCUT2D eigenvalue weighted by atomic mass is 10.3. The maximum atomic E-state index is 11.6. The Balaban J connectivity index is 1.52. The van der Waals surface area contributed by atoms with Crippen molar-refractivity contribution in [2.24, 2.45) is 0 Å². The quantitative estimate of drug-likeness (QED) is 0.884. The highest BCUT2D eigenvalue weighted by Crippen LogP contribution is 2.24. The zero-order chi connectivity index (χ0) is 13.9. The number of hydrogen-bond acceptors (Lipinski definition) is 3. The van der Waals surface area contributed by atoms with Crippen LogP contribution in [0.15, 0.2) is 24.3 Å². The summed E-state index contributed by atoms with van der Waals surface area (Å²) in [5.41, 5.74) is 0.891. The number of anilines is 1. The van der Waals surface area contributed by atoms with Crippen LogP contribution < -0.4 is 15.0 Å². The molecule has 20 heavy (non-hydrogen) atoms. The van der Waals surface area contributed by atoms with Gasteiger partial charge in [-0.15, -0.1) is 0 Å². The molecule has 0 unspecified atom stereocenters. The van der Waals surface area contributed by atoms with Gasteiger partial charge in [0.1, 0.15) is 5.75 Å². The normalized spacial score (nSPS) is 18.2. The molecule has 5 heteroatoms. The fourth-order valence-electron chi connectivity index (χ4n) is 2.29. The van der Waals surface area contributed by atoms with Crippen molar-refractivity contribution >= 4 is 17.5 Å². The van der Waals surface area contributed by atoms with E-state index in [2.05, 4.69) is 5.32 Å². The lowest BCUT2D eigenvalue weighted by Crippen LogP contribution is -2.30. The Morgan fingerprint density at radius 1 is 1.30 bits per heavy atom. The first-order chi connectivity index (χ1) is 9.72. The Morgan fingerprint density at radius 2 is 2.05 bits per heavy atom. The van der Waals surface area contributed by atoms with Crippen LogP contribution in [-0.2, 0) is 9.59 Å². The number of carbonyl (C=O) groups is 2. The smallest absolute Gasteiger partial charge is 0.258 e. The molecule has 1 aromatic rings. The lowest BCUT2D eigenvalue weighted by molar-refractivity contribution is -0.123. The van der Waals surface area contributed by atoms with Gasteiger partial charge in [0.05, 0.1) is 0 Å². The van der Waals surface area contributed by atoms with Crippen LogP contribution in [0.3, 0.4) is 0 Å². The second-order valence-electron chi connectivity index (χ2n) is 5.27. The van der Waals surface area contributed by atoms with E-state index in [0.717, 1.165) is 31.5 Å². The summed E-state index contributed by atoms with van der Waals surface area (Å²) in [7, 11) is 0. The second kappa shape index (κ2) is 5.53. The number of benzene rings is 1. The molecule has 1 saturated carbocycles. The Labute approximate surface area is 117 Å². The molecule has 1 N–H and O–H groups in total. The highest BCUT2D eigenvalue weighted by Gasteiger charge is 2.23. The first kappa shape index (κ1) is 13.0. The van der Waals surface area contributed by atoms with Crippen molar-refractivity contribution in [3.8, 4) is 5.75 Å². The van der Waals surface area contributed by atoms with E-state index in [1.165, 1.54) is 0 Å². The van der Waals surface area contributed by atoms with Crippen LogP contribution in [0.5, 0.6) is 5.75 Å². The number of carbonyl (C=O) groups excluding carboxylic acids is 2. The molecule has 1 aromatic carbocycles. The molecule has 0 aromatic heterocycles. The number of rotatable bonds is 5. The first-order valence-electron chi connectivity index (χ1n) is 7.05. The molecule has 0 bridgehead atoms. The van der Waals surface area contributed by atoms with Gasteiger partial charge in [0.2, 0.25) is 5.91 Å². The molecule has 106 valence electrons. The number of amides is 2. The molecule has 1 aliphatic carbocycles. The molecular formula is C15H18N2O3. The molecule has 1 heterocycles. The van der Waals surface area contributed by atoms with Crippen LogP contribution in [0.4, 0.5) is 5.69 Å². The van der Waals surface area contributed by atoms with Gasteiger partial charge in [-0.25, -0.2) is 0 Å². The molecule has 2 amide bonds. The Hall–Kier alpha value is -2.04. The minimum absolute atomic E-state index is 0.0402. The molecule has 5 nitrogen and oxygen atoms in total. The average Bonchev–Trinajstić information content (AvgIpc) is 3.16. The molecule has 1 saturated heterocycles. The first-order valence-corrected chi connectivity index (χ1v) is 7.05. The van der Waals surface area contributed by atoms with Crippen LogP contribution in [0.2, 0.25) is 0 Å². The van der Waals surface area contributed by atoms with Crippen molar-refractivity contribution < 1.29 is 14.3 Å². The summed E-state index contributed by atoms with van der Waals surface area (Å²) >= 11 is 0. The Bertz CT molecular complexity index is 508. The average molecular weight is 274 g/mol. The van der Waals surface area contributed by atoms with Gasteiger partial charge in [-0.05, 0) is 43.5 Å². The van der Waals surface area contributed by atoms with E-state index in [1.807, 2.05) is 12.1 Å². The lowest BCUT2D eigenvalue weighted by Gasteiger charge is -2.16. The molecule has 0 spiro atoms. The zero-order valence-corrected chi connectivity index (χ0v) is 11.3. The fraction of sp³-hybridized carbons (Fsp3) is 0.467. The summed E-state index contributed by atoms with van der Waals surface area (Å²) in [6.07, 6.45) is 3.69. The van der Waals surface area contributed by atoms with Gasteiger partial charge < -0.3 is 15.0 Å². The predicted molar refractivity (Wildman–Crippen MR) is 74.7 cm³/mol. The molecule has 3 rings (SSSR count). The van der Waals surface area contributed by atoms with Crippen molar-refractivity contribution in [1.82, 2.24) is 5.32 Å². The third-order valence-electron chi connectivity index (χ3n) is 3.53. The third kappa shape index (κ3) is 3.10. The van der Waals surface area contributed by atoms with E-state index in [1.54, 1.807) is 17.0 Å². The molecule has 0 atom stereocenters. The summed E-state index contributed by atoms with van der Waals surface area (Å²) in [5.74, 6) is 0.736. The second-order valence-corrected chi connectivity index (χ2v) is 5.27. The van der Waals surface area contributed by atoms with Crippen molar-refractivity contribution in [3.05, 3.63) is 24.3 Å². The van der Waals surface area contributed by atoms with Crippen LogP contribution in [-0.4, -0.2) is 31.0 Å². The summed E-state index contributed by atoms with van der Waals surface area (Å²) < 4.78 is 5.43. The number of ether oxygens (including phenoxy) is 1. The third-order valence-corrected chi connectivity index (χ3v) is 3.53. The van der Waals surface area contributed by atoms with E-state index < -0.39 is 0 Å². The maximum absolute atomic E-state index is 11.6. The predicted octanol–water partition coefficient (Wildman–Crippen LogP) is 1.47. The van der Waals surface area contributed by atoms with Crippen molar-refractivity contribution in [3.63, 3.8) is 0 Å². The minimum atomic E-state index is -0.0775. The van der Waals surface area contributed by atoms with Crippen LogP contribution in [0.1, 0.15) is 25.7 Å². The highest BCUT2D eigenvalue weighted by molar-refractivity contribution is 5.95. The van der Waals surface area contributed by atoms with Gasteiger partial charge in [-0.1, -0.05) is 0 Å². The van der Waals surface area contributed by atoms with E-state index in [-0.39, 0.29) is 18.4 Å². The zero-order valence-electron chi connectivity index (χ0n) is 11.3. The Kier molecular flexibility index (Phi) is 3.58. The number of nitrogens with one attached hydrogen (secondary N) is 1. The Morgan fingerprint density at radius 3 is 2.65 bits per heavy atom. The number of nitrogens with zero attached hydrogens (tertiary/aromatic N) is 1. The van der Waals surface area contributed by atoms with E-state index >= 15 is 0 Å². The van der Waals surface area contributed by atoms with E-state index in [4.69, 9.17) is 4.74 Å². The van der Waals surface area contributed by atoms with Gasteiger partial charge >= 0.3 is 0 Å². The summed E-state index contributed by atoms with van der Waals surface area (Å²) in [5, 5.41) is 2.87. The summed E-state index contributed by atoms with van der Waals surface area (Å²) in [6, 6.07) is 7.67. The van der Waals surface area contributed by atoms with Crippen molar-refractivity contribution in [2.45, 2.75) is 31.7 Å². The molecule has 2 aliphatic rings. The molecule has 2 fully saturated rings. The number of hydrogen-bond donors (Lipinski definition) is 1. The maximum Gasteiger partial charge on any atom is 0.258 e. The summed E-state index contributed by atoms with van der Waals surface area (Å²) in [4.78, 5) is 24.9. The van der Waals surface area contributed by atoms with Gasteiger partial charge in [0, 0.05) is 24.7 Å². The summed E-state index contributed by atoms with van der Waals surface area (Å²) in [6.45, 7) is 0.821. The van der Waals surface area contributed by atoms with Crippen molar-refractivity contribution in [1.29, 1.82) is 0 Å². The van der Waals surface area contributed by atoms with Crippen LogP contribution >= 0.6 is 0 Å². The monoisotopic (exact) mass is 274 g/mol. The topological polar surface area (TPSA) is 58.6 Å². The van der Waals surface area contributed by atoms with Crippen LogP contribution in [0.25, 0.3) is 0 Å². The van der Waals surface area contributed by atoms with Crippen LogP contribution in [0, 0.1) is 0 Å². The molecule has 1 aliphatic heterocycles.